The van der Waals surface area contributed by atoms with E-state index in [2.05, 4.69) is 0 Å². The van der Waals surface area contributed by atoms with Gasteiger partial charge in [-0.1, -0.05) is 6.08 Å². The molecule has 0 aromatic heterocycles. The van der Waals surface area contributed by atoms with Crippen molar-refractivity contribution in [3.8, 4) is 11.5 Å². The summed E-state index contributed by atoms with van der Waals surface area (Å²) in [6, 6.07) is 0. The van der Waals surface area contributed by atoms with Crippen molar-refractivity contribution in [3.05, 3.63) is 28.3 Å². The Balaban J connectivity index is 2.69. The number of benzene rings is 1. The molecule has 0 amide bonds. The zero-order valence-electron chi connectivity index (χ0n) is 10.9. The van der Waals surface area contributed by atoms with Crippen molar-refractivity contribution >= 4 is 12.0 Å². The van der Waals surface area contributed by atoms with Crippen LogP contribution in [0.5, 0.6) is 11.5 Å². The van der Waals surface area contributed by atoms with Crippen LogP contribution >= 0.6 is 0 Å². The van der Waals surface area contributed by atoms with Crippen LogP contribution in [0, 0.1) is 20.8 Å². The second kappa shape index (κ2) is 3.77. The highest BCUT2D eigenvalue weighted by atomic mass is 16.5. The first-order chi connectivity index (χ1) is 8.28. The molecule has 0 fully saturated rings. The van der Waals surface area contributed by atoms with Crippen molar-refractivity contribution in [3.63, 3.8) is 0 Å². The Morgan fingerprint density at radius 3 is 2.39 bits per heavy atom. The fourth-order valence-electron chi connectivity index (χ4n) is 2.06. The molecule has 0 saturated heterocycles. The smallest absolute Gasteiger partial charge is 0.351 e. The monoisotopic (exact) mass is 248 g/mol. The second-order valence-electron chi connectivity index (χ2n) is 4.81. The Labute approximate surface area is 106 Å². The van der Waals surface area contributed by atoms with Gasteiger partial charge in [-0.25, -0.2) is 4.79 Å². The van der Waals surface area contributed by atoms with Crippen molar-refractivity contribution in [1.82, 2.24) is 0 Å². The topological polar surface area (TPSA) is 66.8 Å². The average molecular weight is 248 g/mol. The third kappa shape index (κ3) is 1.56. The molecule has 0 saturated carbocycles. The molecule has 0 radical (unpaired) electrons. The molecule has 0 spiro atoms. The van der Waals surface area contributed by atoms with Crippen LogP contribution < -0.4 is 4.74 Å². The molecule has 2 rings (SSSR count). The third-order valence-corrected chi connectivity index (χ3v) is 3.57. The molecule has 0 unspecified atom stereocenters. The molecule has 4 heteroatoms. The molecule has 96 valence electrons. The standard InChI is InChI=1S/C14H16O4/c1-7-8(2)12-10(9(3)11(7)15)5-6-14(4,18-12)13(16)17/h5-6,15H,1-4H3,(H,16,17)/t14-/m1/s1. The SMILES string of the molecule is Cc1c(C)c2c(c(C)c1O)C=C[C@](C)(C(=O)O)O2. The summed E-state index contributed by atoms with van der Waals surface area (Å²) < 4.78 is 5.63. The fraction of sp³-hybridized carbons (Fsp3) is 0.357. The van der Waals surface area contributed by atoms with Gasteiger partial charge in [0.15, 0.2) is 0 Å². The van der Waals surface area contributed by atoms with Gasteiger partial charge >= 0.3 is 5.97 Å². The zero-order valence-corrected chi connectivity index (χ0v) is 10.9. The maximum Gasteiger partial charge on any atom is 0.351 e. The number of phenols is 1. The molecule has 1 heterocycles. The molecular formula is C14H16O4. The van der Waals surface area contributed by atoms with E-state index in [9.17, 15) is 15.0 Å². The quantitative estimate of drug-likeness (QED) is 0.801. The molecule has 18 heavy (non-hydrogen) atoms. The fourth-order valence-corrected chi connectivity index (χ4v) is 2.06. The van der Waals surface area contributed by atoms with Crippen LogP contribution in [0.1, 0.15) is 29.2 Å². The maximum absolute atomic E-state index is 11.2. The summed E-state index contributed by atoms with van der Waals surface area (Å²) in [5.41, 5.74) is 1.58. The number of aliphatic carboxylic acids is 1. The Hall–Kier alpha value is -1.97. The van der Waals surface area contributed by atoms with E-state index in [1.165, 1.54) is 13.0 Å². The van der Waals surface area contributed by atoms with Crippen LogP contribution in [0.25, 0.3) is 6.08 Å². The lowest BCUT2D eigenvalue weighted by molar-refractivity contribution is -0.149. The lowest BCUT2D eigenvalue weighted by Crippen LogP contribution is -2.41. The Morgan fingerprint density at radius 1 is 1.22 bits per heavy atom. The van der Waals surface area contributed by atoms with Gasteiger partial charge in [-0.05, 0) is 44.9 Å². The summed E-state index contributed by atoms with van der Waals surface area (Å²) in [5, 5.41) is 19.2. The number of carboxylic acids is 1. The Morgan fingerprint density at radius 2 is 1.83 bits per heavy atom. The van der Waals surface area contributed by atoms with Gasteiger partial charge in [0.05, 0.1) is 0 Å². The number of hydrogen-bond acceptors (Lipinski definition) is 3. The van der Waals surface area contributed by atoms with Gasteiger partial charge in [0.1, 0.15) is 11.5 Å². The minimum atomic E-state index is -1.35. The lowest BCUT2D eigenvalue weighted by atomic mass is 9.92. The van der Waals surface area contributed by atoms with Crippen LogP contribution in [0.3, 0.4) is 0 Å². The summed E-state index contributed by atoms with van der Waals surface area (Å²) in [7, 11) is 0. The molecule has 1 aromatic rings. The van der Waals surface area contributed by atoms with Crippen LogP contribution in [0.15, 0.2) is 6.08 Å². The lowest BCUT2D eigenvalue weighted by Gasteiger charge is -2.30. The van der Waals surface area contributed by atoms with E-state index >= 15 is 0 Å². The van der Waals surface area contributed by atoms with E-state index in [-0.39, 0.29) is 5.75 Å². The van der Waals surface area contributed by atoms with Gasteiger partial charge in [-0.15, -0.1) is 0 Å². The Kier molecular flexibility index (Phi) is 2.61. The number of carboxylic acid groups (broad SMARTS) is 1. The first-order valence-corrected chi connectivity index (χ1v) is 5.72. The van der Waals surface area contributed by atoms with E-state index in [1.54, 1.807) is 19.9 Å². The predicted molar refractivity (Wildman–Crippen MR) is 68.0 cm³/mol. The molecule has 0 aliphatic carbocycles. The van der Waals surface area contributed by atoms with Crippen LogP contribution in [-0.4, -0.2) is 21.8 Å². The molecule has 4 nitrogen and oxygen atoms in total. The zero-order chi connectivity index (χ0) is 13.7. The van der Waals surface area contributed by atoms with Crippen molar-refractivity contribution in [2.75, 3.05) is 0 Å². The third-order valence-electron chi connectivity index (χ3n) is 3.57. The van der Waals surface area contributed by atoms with Crippen molar-refractivity contribution in [2.24, 2.45) is 0 Å². The van der Waals surface area contributed by atoms with Crippen LogP contribution in [-0.2, 0) is 4.79 Å². The van der Waals surface area contributed by atoms with Gasteiger partial charge in [-0.2, -0.15) is 0 Å². The summed E-state index contributed by atoms with van der Waals surface area (Å²) >= 11 is 0. The molecule has 2 N–H and O–H groups in total. The summed E-state index contributed by atoms with van der Waals surface area (Å²) in [6.45, 7) is 6.90. The number of carbonyl (C=O) groups is 1. The minimum Gasteiger partial charge on any atom is -0.507 e. The highest BCUT2D eigenvalue weighted by Crippen LogP contribution is 2.42. The van der Waals surface area contributed by atoms with E-state index in [0.29, 0.717) is 16.9 Å². The molecule has 1 aliphatic rings. The van der Waals surface area contributed by atoms with Gasteiger partial charge in [0, 0.05) is 11.1 Å². The van der Waals surface area contributed by atoms with E-state index in [1.807, 2.05) is 6.92 Å². The number of phenolic OH excluding ortho intramolecular Hbond substituents is 1. The van der Waals surface area contributed by atoms with E-state index in [0.717, 1.165) is 11.1 Å². The van der Waals surface area contributed by atoms with Crippen molar-refractivity contribution in [1.29, 1.82) is 0 Å². The van der Waals surface area contributed by atoms with Crippen molar-refractivity contribution < 1.29 is 19.7 Å². The van der Waals surface area contributed by atoms with E-state index < -0.39 is 11.6 Å². The summed E-state index contributed by atoms with van der Waals surface area (Å²) in [4.78, 5) is 11.2. The highest BCUT2D eigenvalue weighted by Gasteiger charge is 2.37. The van der Waals surface area contributed by atoms with E-state index in [4.69, 9.17) is 4.74 Å². The number of ether oxygens (including phenoxy) is 1. The normalized spacial score (nSPS) is 21.3. The van der Waals surface area contributed by atoms with Gasteiger partial charge < -0.3 is 14.9 Å². The second-order valence-corrected chi connectivity index (χ2v) is 4.81. The van der Waals surface area contributed by atoms with Gasteiger partial charge in [-0.3, -0.25) is 0 Å². The molecule has 1 aliphatic heterocycles. The molecule has 1 aromatic carbocycles. The number of rotatable bonds is 1. The molecule has 0 bridgehead atoms. The van der Waals surface area contributed by atoms with Crippen LogP contribution in [0.2, 0.25) is 0 Å². The number of fused-ring (bicyclic) bond motifs is 1. The van der Waals surface area contributed by atoms with Gasteiger partial charge in [0.25, 0.3) is 0 Å². The summed E-state index contributed by atoms with van der Waals surface area (Å²) in [5.74, 6) is -0.263. The largest absolute Gasteiger partial charge is 0.507 e. The van der Waals surface area contributed by atoms with Crippen molar-refractivity contribution in [2.45, 2.75) is 33.3 Å². The summed E-state index contributed by atoms with van der Waals surface area (Å²) in [6.07, 6.45) is 3.20. The molecular weight excluding hydrogens is 232 g/mol. The maximum atomic E-state index is 11.2. The van der Waals surface area contributed by atoms with Gasteiger partial charge in [0.2, 0.25) is 5.60 Å². The number of hydrogen-bond donors (Lipinski definition) is 2. The first-order valence-electron chi connectivity index (χ1n) is 5.72. The number of aromatic hydroxyl groups is 1. The average Bonchev–Trinajstić information content (AvgIpc) is 2.33. The predicted octanol–water partition coefficient (Wildman–Crippen LogP) is 2.57. The molecule has 1 atom stereocenters. The van der Waals surface area contributed by atoms with Crippen LogP contribution in [0.4, 0.5) is 0 Å². The minimum absolute atomic E-state index is 0.235. The highest BCUT2D eigenvalue weighted by molar-refractivity contribution is 5.85. The first kappa shape index (κ1) is 12.5. The Bertz CT molecular complexity index is 572.